The van der Waals surface area contributed by atoms with Gasteiger partial charge in [0.2, 0.25) is 0 Å². The molecule has 2 nitrogen and oxygen atoms in total. The van der Waals surface area contributed by atoms with E-state index >= 15 is 0 Å². The monoisotopic (exact) mass is 356 g/mol. The molecule has 0 spiro atoms. The average Bonchev–Trinajstić information content (AvgIpc) is 2.75. The summed E-state index contributed by atoms with van der Waals surface area (Å²) in [4.78, 5) is 3.13. The Morgan fingerprint density at radius 2 is 2.05 bits per heavy atom. The number of H-pyrrole nitrogens is 1. The Hall–Kier alpha value is -0.680. The molecule has 1 aromatic carbocycles. The highest BCUT2D eigenvalue weighted by molar-refractivity contribution is 9.10. The maximum atomic E-state index is 13.6. The van der Waals surface area contributed by atoms with Gasteiger partial charge in [-0.15, -0.1) is 0 Å². The molecule has 1 aliphatic rings. The van der Waals surface area contributed by atoms with Crippen molar-refractivity contribution in [3.05, 3.63) is 27.2 Å². The number of imidazole rings is 1. The van der Waals surface area contributed by atoms with Crippen LogP contribution in [0.3, 0.4) is 0 Å². The van der Waals surface area contributed by atoms with Crippen LogP contribution in [0.25, 0.3) is 11.0 Å². The molecule has 1 aromatic heterocycles. The summed E-state index contributed by atoms with van der Waals surface area (Å²) in [6.45, 7) is 2.23. The fourth-order valence-electron chi connectivity index (χ4n) is 3.35. The zero-order chi connectivity index (χ0) is 14.3. The van der Waals surface area contributed by atoms with Crippen LogP contribution < -0.4 is 0 Å². The number of nitrogens with zero attached hydrogens (tertiary/aromatic N) is 1. The normalized spacial score (nSPS) is 18.6. The van der Waals surface area contributed by atoms with Gasteiger partial charge in [0.15, 0.2) is 4.77 Å². The third-order valence-electron chi connectivity index (χ3n) is 4.50. The second-order valence-electron chi connectivity index (χ2n) is 5.72. The van der Waals surface area contributed by atoms with Gasteiger partial charge in [-0.3, -0.25) is 0 Å². The summed E-state index contributed by atoms with van der Waals surface area (Å²) in [7, 11) is 0. The lowest BCUT2D eigenvalue weighted by molar-refractivity contribution is 0.266. The Kier molecular flexibility index (Phi) is 4.00. The highest BCUT2D eigenvalue weighted by Gasteiger charge is 2.23. The van der Waals surface area contributed by atoms with E-state index in [-0.39, 0.29) is 5.82 Å². The average molecular weight is 357 g/mol. The van der Waals surface area contributed by atoms with Crippen molar-refractivity contribution in [3.8, 4) is 0 Å². The summed E-state index contributed by atoms with van der Waals surface area (Å²) in [6.07, 6.45) is 6.49. The van der Waals surface area contributed by atoms with E-state index < -0.39 is 0 Å². The molecule has 1 atom stereocenters. The smallest absolute Gasteiger partial charge is 0.178 e. The fourth-order valence-corrected chi connectivity index (χ4v) is 4.06. The van der Waals surface area contributed by atoms with Crippen molar-refractivity contribution in [1.29, 1.82) is 0 Å². The zero-order valence-corrected chi connectivity index (χ0v) is 13.9. The number of hydrogen-bond acceptors (Lipinski definition) is 1. The lowest BCUT2D eigenvalue weighted by Crippen LogP contribution is -2.19. The first-order valence-corrected chi connectivity index (χ1v) is 8.37. The molecule has 1 heterocycles. The molecule has 1 N–H and O–H groups in total. The number of benzene rings is 1. The number of rotatable bonds is 2. The Bertz CT molecular complexity index is 685. The molecule has 0 saturated heterocycles. The molecule has 20 heavy (non-hydrogen) atoms. The van der Waals surface area contributed by atoms with Gasteiger partial charge in [-0.25, -0.2) is 4.39 Å². The van der Waals surface area contributed by atoms with Crippen molar-refractivity contribution in [2.45, 2.75) is 45.1 Å². The molecule has 2 aromatic rings. The van der Waals surface area contributed by atoms with Gasteiger partial charge in [-0.1, -0.05) is 19.3 Å². The second-order valence-corrected chi connectivity index (χ2v) is 6.96. The van der Waals surface area contributed by atoms with Crippen LogP contribution in [0.1, 0.15) is 45.1 Å². The van der Waals surface area contributed by atoms with E-state index in [1.807, 2.05) is 6.07 Å². The van der Waals surface area contributed by atoms with E-state index in [1.165, 1.54) is 38.2 Å². The number of hydrogen-bond donors (Lipinski definition) is 1. The van der Waals surface area contributed by atoms with Crippen molar-refractivity contribution >= 4 is 39.2 Å². The minimum absolute atomic E-state index is 0.258. The largest absolute Gasteiger partial charge is 0.330 e. The molecule has 1 saturated carbocycles. The van der Waals surface area contributed by atoms with Crippen molar-refractivity contribution in [1.82, 2.24) is 9.55 Å². The third kappa shape index (κ3) is 2.46. The van der Waals surface area contributed by atoms with Crippen molar-refractivity contribution in [3.63, 3.8) is 0 Å². The quantitative estimate of drug-likeness (QED) is 0.680. The maximum absolute atomic E-state index is 13.6. The lowest BCUT2D eigenvalue weighted by atomic mass is 9.84. The predicted molar refractivity (Wildman–Crippen MR) is 86.1 cm³/mol. The first-order valence-electron chi connectivity index (χ1n) is 7.17. The zero-order valence-electron chi connectivity index (χ0n) is 11.5. The Morgan fingerprint density at radius 3 is 2.75 bits per heavy atom. The molecule has 5 heteroatoms. The first kappa shape index (κ1) is 14.3. The minimum Gasteiger partial charge on any atom is -0.330 e. The van der Waals surface area contributed by atoms with Gasteiger partial charge >= 0.3 is 0 Å². The van der Waals surface area contributed by atoms with Gasteiger partial charge in [-0.05, 0) is 59.9 Å². The van der Waals surface area contributed by atoms with E-state index in [9.17, 15) is 4.39 Å². The van der Waals surface area contributed by atoms with Crippen LogP contribution in [-0.2, 0) is 0 Å². The molecule has 0 radical (unpaired) electrons. The summed E-state index contributed by atoms with van der Waals surface area (Å²) in [5.41, 5.74) is 1.76. The molecule has 1 fully saturated rings. The fraction of sp³-hybridized carbons (Fsp3) is 0.533. The van der Waals surface area contributed by atoms with E-state index in [4.69, 9.17) is 12.2 Å². The molecular formula is C15H18BrFN2S. The topological polar surface area (TPSA) is 20.7 Å². The van der Waals surface area contributed by atoms with Crippen LogP contribution in [0.5, 0.6) is 0 Å². The van der Waals surface area contributed by atoms with E-state index in [0.717, 1.165) is 11.0 Å². The van der Waals surface area contributed by atoms with Gasteiger partial charge in [0.1, 0.15) is 5.82 Å². The van der Waals surface area contributed by atoms with Crippen molar-refractivity contribution in [2.24, 2.45) is 5.92 Å². The molecule has 0 amide bonds. The Morgan fingerprint density at radius 1 is 1.35 bits per heavy atom. The molecule has 1 aliphatic carbocycles. The number of nitrogens with one attached hydrogen (secondary N) is 1. The summed E-state index contributed by atoms with van der Waals surface area (Å²) in [5.74, 6) is 0.407. The molecule has 108 valence electrons. The molecule has 1 unspecified atom stereocenters. The molecule has 3 rings (SSSR count). The number of aromatic amines is 1. The number of halogens is 2. The SMILES string of the molecule is CC(C1CCCCC1)n1c(=S)[nH]c2cc(F)c(Br)cc21. The van der Waals surface area contributed by atoms with E-state index in [0.29, 0.717) is 21.2 Å². The first-order chi connectivity index (χ1) is 9.58. The number of aromatic nitrogens is 2. The third-order valence-corrected chi connectivity index (χ3v) is 5.40. The summed E-state index contributed by atoms with van der Waals surface area (Å²) in [6, 6.07) is 3.70. The summed E-state index contributed by atoms with van der Waals surface area (Å²) >= 11 is 8.72. The van der Waals surface area contributed by atoms with E-state index in [2.05, 4.69) is 32.4 Å². The van der Waals surface area contributed by atoms with Crippen LogP contribution in [0, 0.1) is 16.5 Å². The van der Waals surface area contributed by atoms with Crippen LogP contribution in [0.15, 0.2) is 16.6 Å². The van der Waals surface area contributed by atoms with Crippen LogP contribution in [0.2, 0.25) is 0 Å². The molecule has 0 bridgehead atoms. The van der Waals surface area contributed by atoms with Crippen LogP contribution in [0.4, 0.5) is 4.39 Å². The standard InChI is InChI=1S/C15H18BrFN2S/c1-9(10-5-3-2-4-6-10)19-14-7-11(16)12(17)8-13(14)18-15(19)20/h7-10H,2-6H2,1H3,(H,18,20). The molecular weight excluding hydrogens is 339 g/mol. The predicted octanol–water partition coefficient (Wildman–Crippen LogP) is 5.74. The van der Waals surface area contributed by atoms with Gasteiger partial charge in [0, 0.05) is 12.1 Å². The highest BCUT2D eigenvalue weighted by Crippen LogP contribution is 2.35. The number of fused-ring (bicyclic) bond motifs is 1. The summed E-state index contributed by atoms with van der Waals surface area (Å²) < 4.78 is 17.0. The highest BCUT2D eigenvalue weighted by atomic mass is 79.9. The van der Waals surface area contributed by atoms with Gasteiger partial charge in [-0.2, -0.15) is 0 Å². The van der Waals surface area contributed by atoms with Crippen molar-refractivity contribution < 1.29 is 4.39 Å². The second kappa shape index (κ2) is 5.60. The van der Waals surface area contributed by atoms with Gasteiger partial charge < -0.3 is 9.55 Å². The minimum atomic E-state index is -0.258. The maximum Gasteiger partial charge on any atom is 0.178 e. The lowest BCUT2D eigenvalue weighted by Gasteiger charge is -2.29. The van der Waals surface area contributed by atoms with Crippen LogP contribution >= 0.6 is 28.1 Å². The van der Waals surface area contributed by atoms with Gasteiger partial charge in [0.25, 0.3) is 0 Å². The van der Waals surface area contributed by atoms with E-state index in [1.54, 1.807) is 0 Å². The summed E-state index contributed by atoms with van der Waals surface area (Å²) in [5, 5.41) is 0. The Labute approximate surface area is 131 Å². The van der Waals surface area contributed by atoms with Gasteiger partial charge in [0.05, 0.1) is 15.5 Å². The molecule has 0 aliphatic heterocycles. The van der Waals surface area contributed by atoms with Crippen LogP contribution in [-0.4, -0.2) is 9.55 Å². The Balaban J connectivity index is 2.08. The van der Waals surface area contributed by atoms with Crippen molar-refractivity contribution in [2.75, 3.05) is 0 Å².